The zero-order valence-corrected chi connectivity index (χ0v) is 13.3. The van der Waals surface area contributed by atoms with Crippen molar-refractivity contribution < 1.29 is 4.79 Å². The number of carbonyl (C=O) groups is 1. The number of rotatable bonds is 5. The molecule has 0 saturated heterocycles. The summed E-state index contributed by atoms with van der Waals surface area (Å²) >= 11 is 3.39. The van der Waals surface area contributed by atoms with Crippen molar-refractivity contribution >= 4 is 21.8 Å². The lowest BCUT2D eigenvalue weighted by molar-refractivity contribution is -0.120. The van der Waals surface area contributed by atoms with Gasteiger partial charge in [0.2, 0.25) is 5.91 Å². The molecule has 1 amide bonds. The summed E-state index contributed by atoms with van der Waals surface area (Å²) in [6.07, 6.45) is 0.962. The molecule has 0 fully saturated rings. The van der Waals surface area contributed by atoms with Crippen molar-refractivity contribution in [1.29, 1.82) is 0 Å². The first kappa shape index (κ1) is 15.4. The van der Waals surface area contributed by atoms with E-state index in [9.17, 15) is 9.59 Å². The third kappa shape index (κ3) is 4.26. The van der Waals surface area contributed by atoms with E-state index in [1.807, 2.05) is 24.3 Å². The second-order valence-corrected chi connectivity index (χ2v) is 5.48. The monoisotopic (exact) mass is 349 g/mol. The van der Waals surface area contributed by atoms with E-state index in [0.717, 1.165) is 15.7 Å². The van der Waals surface area contributed by atoms with Crippen LogP contribution in [0.25, 0.3) is 11.3 Å². The smallest absolute Gasteiger partial charge is 0.266 e. The zero-order chi connectivity index (χ0) is 15.2. The minimum atomic E-state index is -0.159. The zero-order valence-electron chi connectivity index (χ0n) is 11.7. The molecule has 0 aliphatic rings. The van der Waals surface area contributed by atoms with Crippen molar-refractivity contribution in [2.45, 2.75) is 19.4 Å². The second kappa shape index (κ2) is 7.17. The lowest BCUT2D eigenvalue weighted by atomic mass is 10.1. The van der Waals surface area contributed by atoms with Crippen molar-refractivity contribution in [2.24, 2.45) is 0 Å². The summed E-state index contributed by atoms with van der Waals surface area (Å²) in [5.41, 5.74) is 1.52. The predicted octanol–water partition coefficient (Wildman–Crippen LogP) is 2.20. The average molecular weight is 350 g/mol. The van der Waals surface area contributed by atoms with E-state index in [1.165, 1.54) is 10.7 Å². The van der Waals surface area contributed by atoms with Gasteiger partial charge in [0.15, 0.2) is 0 Å². The van der Waals surface area contributed by atoms with Gasteiger partial charge in [0.05, 0.1) is 5.69 Å². The molecular weight excluding hydrogens is 334 g/mol. The molecule has 1 aromatic heterocycles. The van der Waals surface area contributed by atoms with Crippen LogP contribution in [0.3, 0.4) is 0 Å². The summed E-state index contributed by atoms with van der Waals surface area (Å²) < 4.78 is 2.39. The molecule has 0 atom stereocenters. The largest absolute Gasteiger partial charge is 0.359 e. The number of aromatic nitrogens is 2. The quantitative estimate of drug-likeness (QED) is 0.899. The van der Waals surface area contributed by atoms with E-state index < -0.39 is 0 Å². The molecule has 0 aliphatic heterocycles. The number of halogens is 1. The summed E-state index contributed by atoms with van der Waals surface area (Å²) in [6, 6.07) is 10.9. The van der Waals surface area contributed by atoms with Crippen LogP contribution < -0.4 is 10.9 Å². The number of hydrogen-bond donors (Lipinski definition) is 1. The summed E-state index contributed by atoms with van der Waals surface area (Å²) in [5, 5.41) is 6.91. The van der Waals surface area contributed by atoms with Gasteiger partial charge >= 0.3 is 0 Å². The molecule has 0 unspecified atom stereocenters. The number of amides is 1. The molecule has 1 aromatic carbocycles. The average Bonchev–Trinajstić information content (AvgIpc) is 2.50. The summed E-state index contributed by atoms with van der Waals surface area (Å²) in [4.78, 5) is 23.0. The molecule has 110 valence electrons. The van der Waals surface area contributed by atoms with Crippen molar-refractivity contribution in [2.75, 3.05) is 7.05 Å². The summed E-state index contributed by atoms with van der Waals surface area (Å²) in [6.45, 7) is 0.427. The molecule has 0 saturated carbocycles. The SMILES string of the molecule is CNC(=O)CCCn1nc(-c2ccc(Br)cc2)ccc1=O. The van der Waals surface area contributed by atoms with Gasteiger partial charge < -0.3 is 5.32 Å². The lowest BCUT2D eigenvalue weighted by Gasteiger charge is -2.07. The standard InChI is InChI=1S/C15H16BrN3O2/c1-17-14(20)3-2-10-19-15(21)9-8-13(18-19)11-4-6-12(16)7-5-11/h4-9H,2-3,10H2,1H3,(H,17,20). The van der Waals surface area contributed by atoms with E-state index in [4.69, 9.17) is 0 Å². The van der Waals surface area contributed by atoms with Gasteiger partial charge in [0, 0.05) is 36.1 Å². The van der Waals surface area contributed by atoms with Gasteiger partial charge in [-0.15, -0.1) is 0 Å². The first-order chi connectivity index (χ1) is 10.1. The van der Waals surface area contributed by atoms with Crippen LogP contribution in [-0.4, -0.2) is 22.7 Å². The minimum absolute atomic E-state index is 0.0351. The Balaban J connectivity index is 2.15. The van der Waals surface area contributed by atoms with Gasteiger partial charge in [0.25, 0.3) is 5.56 Å². The molecule has 0 bridgehead atoms. The highest BCUT2D eigenvalue weighted by Gasteiger charge is 2.04. The number of benzene rings is 1. The molecule has 0 aliphatic carbocycles. The fourth-order valence-corrected chi connectivity index (χ4v) is 2.16. The maximum Gasteiger partial charge on any atom is 0.266 e. The molecule has 6 heteroatoms. The van der Waals surface area contributed by atoms with E-state index in [0.29, 0.717) is 19.4 Å². The minimum Gasteiger partial charge on any atom is -0.359 e. The number of carbonyl (C=O) groups excluding carboxylic acids is 1. The highest BCUT2D eigenvalue weighted by Crippen LogP contribution is 2.18. The Hall–Kier alpha value is -1.95. The molecule has 5 nitrogen and oxygen atoms in total. The normalized spacial score (nSPS) is 10.4. The van der Waals surface area contributed by atoms with Gasteiger partial charge in [0.1, 0.15) is 0 Å². The van der Waals surface area contributed by atoms with Gasteiger partial charge in [-0.25, -0.2) is 4.68 Å². The van der Waals surface area contributed by atoms with E-state index in [-0.39, 0.29) is 11.5 Å². The first-order valence-electron chi connectivity index (χ1n) is 6.65. The van der Waals surface area contributed by atoms with E-state index in [2.05, 4.69) is 26.3 Å². The van der Waals surface area contributed by atoms with Crippen LogP contribution in [-0.2, 0) is 11.3 Å². The lowest BCUT2D eigenvalue weighted by Crippen LogP contribution is -2.24. The molecular formula is C15H16BrN3O2. The van der Waals surface area contributed by atoms with Gasteiger partial charge in [-0.1, -0.05) is 28.1 Å². The predicted molar refractivity (Wildman–Crippen MR) is 84.9 cm³/mol. The molecule has 2 rings (SSSR count). The molecule has 0 radical (unpaired) electrons. The van der Waals surface area contributed by atoms with E-state index in [1.54, 1.807) is 13.1 Å². The fraction of sp³-hybridized carbons (Fsp3) is 0.267. The number of nitrogens with zero attached hydrogens (tertiary/aromatic N) is 2. The van der Waals surface area contributed by atoms with Crippen molar-refractivity contribution in [3.8, 4) is 11.3 Å². The van der Waals surface area contributed by atoms with Crippen LogP contribution in [0.15, 0.2) is 45.7 Å². The Kier molecular flexibility index (Phi) is 5.27. The Labute approximate surface area is 131 Å². The summed E-state index contributed by atoms with van der Waals surface area (Å²) in [7, 11) is 1.60. The number of hydrogen-bond acceptors (Lipinski definition) is 3. The van der Waals surface area contributed by atoms with Crippen LogP contribution in [0.1, 0.15) is 12.8 Å². The summed E-state index contributed by atoms with van der Waals surface area (Å²) in [5.74, 6) is -0.0351. The van der Waals surface area contributed by atoms with Gasteiger partial charge in [-0.2, -0.15) is 5.10 Å². The maximum atomic E-state index is 11.8. The third-order valence-corrected chi connectivity index (χ3v) is 3.59. The first-order valence-corrected chi connectivity index (χ1v) is 7.44. The Bertz CT molecular complexity index is 680. The van der Waals surface area contributed by atoms with Gasteiger partial charge in [-0.05, 0) is 24.6 Å². The Morgan fingerprint density at radius 3 is 2.62 bits per heavy atom. The van der Waals surface area contributed by atoms with Crippen LogP contribution in [0.2, 0.25) is 0 Å². The number of nitrogens with one attached hydrogen (secondary N) is 1. The fourth-order valence-electron chi connectivity index (χ4n) is 1.90. The highest BCUT2D eigenvalue weighted by molar-refractivity contribution is 9.10. The van der Waals surface area contributed by atoms with Crippen LogP contribution in [0.4, 0.5) is 0 Å². The van der Waals surface area contributed by atoms with Crippen LogP contribution in [0.5, 0.6) is 0 Å². The molecule has 1 N–H and O–H groups in total. The van der Waals surface area contributed by atoms with Crippen molar-refractivity contribution in [1.82, 2.24) is 15.1 Å². The van der Waals surface area contributed by atoms with Crippen molar-refractivity contribution in [3.05, 3.63) is 51.2 Å². The Morgan fingerprint density at radius 1 is 1.24 bits per heavy atom. The third-order valence-electron chi connectivity index (χ3n) is 3.06. The molecule has 21 heavy (non-hydrogen) atoms. The Morgan fingerprint density at radius 2 is 1.95 bits per heavy atom. The molecule has 2 aromatic rings. The van der Waals surface area contributed by atoms with Crippen LogP contribution in [0, 0.1) is 0 Å². The van der Waals surface area contributed by atoms with E-state index >= 15 is 0 Å². The maximum absolute atomic E-state index is 11.8. The van der Waals surface area contributed by atoms with Crippen molar-refractivity contribution in [3.63, 3.8) is 0 Å². The topological polar surface area (TPSA) is 64.0 Å². The van der Waals surface area contributed by atoms with Crippen LogP contribution >= 0.6 is 15.9 Å². The number of aryl methyl sites for hydroxylation is 1. The van der Waals surface area contributed by atoms with Gasteiger partial charge in [-0.3, -0.25) is 9.59 Å². The molecule has 1 heterocycles. The highest BCUT2D eigenvalue weighted by atomic mass is 79.9. The second-order valence-electron chi connectivity index (χ2n) is 4.56. The molecule has 0 spiro atoms.